The van der Waals surface area contributed by atoms with Gasteiger partial charge in [0.05, 0.1) is 17.0 Å². The third-order valence-electron chi connectivity index (χ3n) is 3.09. The van der Waals surface area contributed by atoms with Crippen molar-refractivity contribution in [3.63, 3.8) is 0 Å². The van der Waals surface area contributed by atoms with Crippen molar-refractivity contribution in [1.82, 2.24) is 9.62 Å². The van der Waals surface area contributed by atoms with Crippen molar-refractivity contribution < 1.29 is 13.2 Å². The molecule has 1 saturated heterocycles. The second kappa shape index (κ2) is 5.86. The summed E-state index contributed by atoms with van der Waals surface area (Å²) in [5.74, 6) is 0. The third-order valence-corrected chi connectivity index (χ3v) is 5.27. The summed E-state index contributed by atoms with van der Waals surface area (Å²) in [6, 6.07) is 0. The van der Waals surface area contributed by atoms with Crippen molar-refractivity contribution in [3.05, 3.63) is 0 Å². The van der Waals surface area contributed by atoms with E-state index in [0.717, 1.165) is 6.54 Å². The number of ether oxygens (including phenoxy) is 1. The van der Waals surface area contributed by atoms with Gasteiger partial charge in [-0.2, -0.15) is 4.31 Å². The van der Waals surface area contributed by atoms with Crippen LogP contribution in [0.25, 0.3) is 0 Å². The second-order valence-electron chi connectivity index (χ2n) is 5.64. The Labute approximate surface area is 111 Å². The first kappa shape index (κ1) is 15.9. The summed E-state index contributed by atoms with van der Waals surface area (Å²) in [4.78, 5) is 0. The normalized spacial score (nSPS) is 27.1. The molecule has 1 rings (SSSR count). The fraction of sp³-hybridized carbons (Fsp3) is 1.00. The van der Waals surface area contributed by atoms with Crippen molar-refractivity contribution in [3.8, 4) is 0 Å². The molecule has 1 aliphatic heterocycles. The van der Waals surface area contributed by atoms with Crippen LogP contribution in [0.5, 0.6) is 0 Å². The molecular weight excluding hydrogens is 252 g/mol. The summed E-state index contributed by atoms with van der Waals surface area (Å²) in [5, 5.41) is 2.68. The van der Waals surface area contributed by atoms with Crippen LogP contribution in [-0.2, 0) is 14.8 Å². The summed E-state index contributed by atoms with van der Waals surface area (Å²) >= 11 is 0. The maximum Gasteiger partial charge on any atom is 0.218 e. The number of sulfonamides is 1. The molecule has 1 N–H and O–H groups in total. The summed E-state index contributed by atoms with van der Waals surface area (Å²) in [6.07, 6.45) is -0.0603. The van der Waals surface area contributed by atoms with Crippen molar-refractivity contribution in [2.75, 3.05) is 26.2 Å². The summed E-state index contributed by atoms with van der Waals surface area (Å²) in [5.41, 5.74) is -0.414. The van der Waals surface area contributed by atoms with Crippen LogP contribution in [0, 0.1) is 0 Å². The molecule has 18 heavy (non-hydrogen) atoms. The number of rotatable bonds is 5. The second-order valence-corrected chi connectivity index (χ2v) is 8.00. The highest BCUT2D eigenvalue weighted by Gasteiger charge is 2.39. The molecule has 2 atom stereocenters. The van der Waals surface area contributed by atoms with Gasteiger partial charge >= 0.3 is 0 Å². The largest absolute Gasteiger partial charge is 0.370 e. The number of hydrogen-bond donors (Lipinski definition) is 1. The summed E-state index contributed by atoms with van der Waals surface area (Å²) in [7, 11) is -3.25. The molecule has 0 bridgehead atoms. The predicted octanol–water partition coefficient (Wildman–Crippen LogP) is 0.813. The van der Waals surface area contributed by atoms with Gasteiger partial charge in [0, 0.05) is 19.6 Å². The zero-order chi connectivity index (χ0) is 14.0. The Hall–Kier alpha value is -0.170. The van der Waals surface area contributed by atoms with Crippen LogP contribution in [0.4, 0.5) is 0 Å². The first-order valence-electron chi connectivity index (χ1n) is 6.56. The predicted molar refractivity (Wildman–Crippen MR) is 73.1 cm³/mol. The maximum atomic E-state index is 12.5. The Morgan fingerprint density at radius 2 is 2.11 bits per heavy atom. The standard InChI is InChI=1S/C12H26N2O3S/c1-6-13-7-11(3)18(15,16)14-8-10(2)17-12(4,5)9-14/h10-11,13H,6-9H2,1-5H3. The fourth-order valence-electron chi connectivity index (χ4n) is 2.30. The van der Waals surface area contributed by atoms with Crippen LogP contribution in [0.3, 0.4) is 0 Å². The number of nitrogens with zero attached hydrogens (tertiary/aromatic N) is 1. The first-order chi connectivity index (χ1) is 8.19. The Morgan fingerprint density at radius 3 is 2.61 bits per heavy atom. The first-order valence-corrected chi connectivity index (χ1v) is 8.07. The average Bonchev–Trinajstić information content (AvgIpc) is 2.22. The van der Waals surface area contributed by atoms with Gasteiger partial charge in [-0.05, 0) is 34.2 Å². The van der Waals surface area contributed by atoms with Gasteiger partial charge in [-0.1, -0.05) is 6.92 Å². The minimum atomic E-state index is -3.25. The monoisotopic (exact) mass is 278 g/mol. The molecule has 0 aromatic rings. The lowest BCUT2D eigenvalue weighted by Crippen LogP contribution is -2.56. The van der Waals surface area contributed by atoms with E-state index in [0.29, 0.717) is 19.6 Å². The summed E-state index contributed by atoms with van der Waals surface area (Å²) < 4.78 is 32.2. The smallest absolute Gasteiger partial charge is 0.218 e. The molecule has 0 radical (unpaired) electrons. The molecule has 1 heterocycles. The van der Waals surface area contributed by atoms with Gasteiger partial charge in [-0.3, -0.25) is 0 Å². The SMILES string of the molecule is CCNCC(C)S(=O)(=O)N1CC(C)OC(C)(C)C1. The fourth-order valence-corrected chi connectivity index (χ4v) is 4.04. The molecule has 108 valence electrons. The lowest BCUT2D eigenvalue weighted by Gasteiger charge is -2.41. The van der Waals surface area contributed by atoms with Crippen LogP contribution < -0.4 is 5.32 Å². The molecule has 1 aliphatic rings. The van der Waals surface area contributed by atoms with Crippen LogP contribution in [0.15, 0.2) is 0 Å². The van der Waals surface area contributed by atoms with E-state index in [1.54, 1.807) is 11.2 Å². The van der Waals surface area contributed by atoms with Gasteiger partial charge in [0.25, 0.3) is 0 Å². The Morgan fingerprint density at radius 1 is 1.50 bits per heavy atom. The van der Waals surface area contributed by atoms with Gasteiger partial charge in [0.1, 0.15) is 0 Å². The highest BCUT2D eigenvalue weighted by molar-refractivity contribution is 7.89. The van der Waals surface area contributed by atoms with Crippen molar-refractivity contribution in [2.45, 2.75) is 51.6 Å². The van der Waals surface area contributed by atoms with E-state index >= 15 is 0 Å². The number of hydrogen-bond acceptors (Lipinski definition) is 4. The van der Waals surface area contributed by atoms with Crippen LogP contribution >= 0.6 is 0 Å². The van der Waals surface area contributed by atoms with E-state index in [-0.39, 0.29) is 6.10 Å². The minimum absolute atomic E-state index is 0.0603. The van der Waals surface area contributed by atoms with Crippen LogP contribution in [0.2, 0.25) is 0 Å². The van der Waals surface area contributed by atoms with E-state index in [2.05, 4.69) is 5.32 Å². The Balaban J connectivity index is 2.78. The zero-order valence-corrected chi connectivity index (χ0v) is 12.9. The van der Waals surface area contributed by atoms with Gasteiger partial charge in [-0.25, -0.2) is 8.42 Å². The van der Waals surface area contributed by atoms with E-state index in [1.165, 1.54) is 0 Å². The third kappa shape index (κ3) is 3.91. The van der Waals surface area contributed by atoms with E-state index in [4.69, 9.17) is 4.74 Å². The average molecular weight is 278 g/mol. The highest BCUT2D eigenvalue weighted by atomic mass is 32.2. The quantitative estimate of drug-likeness (QED) is 0.808. The highest BCUT2D eigenvalue weighted by Crippen LogP contribution is 2.24. The van der Waals surface area contributed by atoms with E-state index in [9.17, 15) is 8.42 Å². The molecule has 0 aromatic heterocycles. The summed E-state index contributed by atoms with van der Waals surface area (Å²) in [6.45, 7) is 11.7. The lowest BCUT2D eigenvalue weighted by atomic mass is 10.1. The Kier molecular flexibility index (Phi) is 5.17. The van der Waals surface area contributed by atoms with E-state index < -0.39 is 20.9 Å². The molecule has 0 spiro atoms. The van der Waals surface area contributed by atoms with Gasteiger partial charge in [-0.15, -0.1) is 0 Å². The van der Waals surface area contributed by atoms with Crippen LogP contribution in [-0.4, -0.2) is 55.9 Å². The van der Waals surface area contributed by atoms with Crippen molar-refractivity contribution in [2.24, 2.45) is 0 Å². The zero-order valence-electron chi connectivity index (χ0n) is 12.1. The molecule has 2 unspecified atom stereocenters. The van der Waals surface area contributed by atoms with E-state index in [1.807, 2.05) is 27.7 Å². The maximum absolute atomic E-state index is 12.5. The number of nitrogens with one attached hydrogen (secondary N) is 1. The van der Waals surface area contributed by atoms with Crippen molar-refractivity contribution in [1.29, 1.82) is 0 Å². The molecular formula is C12H26N2O3S. The molecule has 0 aliphatic carbocycles. The lowest BCUT2D eigenvalue weighted by molar-refractivity contribution is -0.109. The van der Waals surface area contributed by atoms with Gasteiger partial charge < -0.3 is 10.1 Å². The molecule has 1 fully saturated rings. The molecule has 0 saturated carbocycles. The molecule has 5 nitrogen and oxygen atoms in total. The van der Waals surface area contributed by atoms with Crippen molar-refractivity contribution >= 4 is 10.0 Å². The topological polar surface area (TPSA) is 58.6 Å². The van der Waals surface area contributed by atoms with Crippen LogP contribution in [0.1, 0.15) is 34.6 Å². The van der Waals surface area contributed by atoms with Gasteiger partial charge in [0.2, 0.25) is 10.0 Å². The van der Waals surface area contributed by atoms with Gasteiger partial charge in [0.15, 0.2) is 0 Å². The molecule has 0 aromatic carbocycles. The Bertz CT molecular complexity index is 368. The molecule has 0 amide bonds. The molecule has 6 heteroatoms. The number of morpholine rings is 1. The minimum Gasteiger partial charge on any atom is -0.370 e.